The monoisotopic (exact) mass is 283 g/mol. The van der Waals surface area contributed by atoms with Gasteiger partial charge in [0.2, 0.25) is 0 Å². The Bertz CT molecular complexity index is 694. The third-order valence-corrected chi connectivity index (χ3v) is 2.57. The van der Waals surface area contributed by atoms with Gasteiger partial charge in [0, 0.05) is 18.5 Å². The zero-order chi connectivity index (χ0) is 15.2. The minimum absolute atomic E-state index is 0.240. The molecule has 0 aromatic carbocycles. The third-order valence-electron chi connectivity index (χ3n) is 2.57. The van der Waals surface area contributed by atoms with Crippen LogP contribution >= 0.6 is 0 Å². The highest BCUT2D eigenvalue weighted by atomic mass is 16.4. The van der Waals surface area contributed by atoms with Gasteiger partial charge in [-0.25, -0.2) is 4.79 Å². The Morgan fingerprint density at radius 1 is 1.24 bits per heavy atom. The number of pyridine rings is 2. The van der Waals surface area contributed by atoms with Gasteiger partial charge in [-0.3, -0.25) is 14.8 Å². The molecule has 2 heterocycles. The molecule has 106 valence electrons. The number of anilines is 1. The molecule has 2 N–H and O–H groups in total. The summed E-state index contributed by atoms with van der Waals surface area (Å²) in [6.07, 6.45) is 7.09. The van der Waals surface area contributed by atoms with Gasteiger partial charge in [0.1, 0.15) is 5.69 Å². The van der Waals surface area contributed by atoms with Crippen molar-refractivity contribution in [3.63, 3.8) is 0 Å². The normalized spacial score (nSPS) is 10.5. The molecule has 0 bridgehead atoms. The molecule has 0 atom stereocenters. The number of carbonyl (C=O) groups excluding carboxylic acids is 1. The first-order chi connectivity index (χ1) is 10.0. The van der Waals surface area contributed by atoms with Gasteiger partial charge in [-0.15, -0.1) is 0 Å². The van der Waals surface area contributed by atoms with E-state index in [-0.39, 0.29) is 11.6 Å². The summed E-state index contributed by atoms with van der Waals surface area (Å²) in [4.78, 5) is 30.4. The van der Waals surface area contributed by atoms with Crippen molar-refractivity contribution in [1.82, 2.24) is 9.97 Å². The Morgan fingerprint density at radius 3 is 2.67 bits per heavy atom. The number of nitrogens with one attached hydrogen (secondary N) is 1. The van der Waals surface area contributed by atoms with Crippen molar-refractivity contribution >= 4 is 23.6 Å². The van der Waals surface area contributed by atoms with E-state index < -0.39 is 5.97 Å². The lowest BCUT2D eigenvalue weighted by Crippen LogP contribution is -2.13. The summed E-state index contributed by atoms with van der Waals surface area (Å²) < 4.78 is 0. The molecule has 0 aliphatic carbocycles. The lowest BCUT2D eigenvalue weighted by Gasteiger charge is -2.05. The van der Waals surface area contributed by atoms with Crippen LogP contribution in [0.1, 0.15) is 21.6 Å². The zero-order valence-electron chi connectivity index (χ0n) is 11.3. The molecule has 21 heavy (non-hydrogen) atoms. The van der Waals surface area contributed by atoms with Crippen molar-refractivity contribution in [1.29, 1.82) is 0 Å². The molecule has 0 spiro atoms. The number of amides is 1. The van der Waals surface area contributed by atoms with Crippen molar-refractivity contribution in [2.75, 3.05) is 5.32 Å². The molecule has 6 heteroatoms. The van der Waals surface area contributed by atoms with Gasteiger partial charge in [0.05, 0.1) is 11.9 Å². The summed E-state index contributed by atoms with van der Waals surface area (Å²) in [5.74, 6) is -1.39. The minimum Gasteiger partial charge on any atom is -0.478 e. The van der Waals surface area contributed by atoms with Gasteiger partial charge in [-0.2, -0.15) is 0 Å². The van der Waals surface area contributed by atoms with Crippen molar-refractivity contribution in [2.24, 2.45) is 0 Å². The van der Waals surface area contributed by atoms with Crippen molar-refractivity contribution < 1.29 is 14.7 Å². The first-order valence-electron chi connectivity index (χ1n) is 6.14. The van der Waals surface area contributed by atoms with E-state index in [2.05, 4.69) is 15.3 Å². The highest BCUT2D eigenvalue weighted by Crippen LogP contribution is 2.09. The van der Waals surface area contributed by atoms with Gasteiger partial charge in [-0.1, -0.05) is 6.07 Å². The average Bonchev–Trinajstić information content (AvgIpc) is 2.45. The number of aryl methyl sites for hydroxylation is 1. The van der Waals surface area contributed by atoms with E-state index in [1.807, 2.05) is 6.92 Å². The summed E-state index contributed by atoms with van der Waals surface area (Å²) in [7, 11) is 0. The SMILES string of the molecule is Cc1cncc(NC(=O)c2ccc(/C=C/C(=O)O)cn2)c1. The molecule has 0 unspecified atom stereocenters. The van der Waals surface area contributed by atoms with Crippen LogP contribution in [-0.4, -0.2) is 27.0 Å². The summed E-state index contributed by atoms with van der Waals surface area (Å²) in [6, 6.07) is 4.95. The third kappa shape index (κ3) is 4.24. The Hall–Kier alpha value is -3.02. The highest BCUT2D eigenvalue weighted by molar-refractivity contribution is 6.02. The topological polar surface area (TPSA) is 92.2 Å². The average molecular weight is 283 g/mol. The quantitative estimate of drug-likeness (QED) is 0.839. The number of hydrogen-bond acceptors (Lipinski definition) is 4. The lowest BCUT2D eigenvalue weighted by molar-refractivity contribution is -0.131. The van der Waals surface area contributed by atoms with Crippen LogP contribution in [0.3, 0.4) is 0 Å². The lowest BCUT2D eigenvalue weighted by atomic mass is 10.2. The van der Waals surface area contributed by atoms with Gasteiger partial charge in [0.25, 0.3) is 5.91 Å². The zero-order valence-corrected chi connectivity index (χ0v) is 11.3. The number of hydrogen-bond donors (Lipinski definition) is 2. The molecule has 6 nitrogen and oxygen atoms in total. The Morgan fingerprint density at radius 2 is 2.05 bits per heavy atom. The smallest absolute Gasteiger partial charge is 0.328 e. The fourth-order valence-corrected chi connectivity index (χ4v) is 1.62. The maximum Gasteiger partial charge on any atom is 0.328 e. The molecule has 1 amide bonds. The number of carboxylic acid groups (broad SMARTS) is 1. The van der Waals surface area contributed by atoms with E-state index in [1.165, 1.54) is 18.3 Å². The van der Waals surface area contributed by atoms with Gasteiger partial charge in [-0.05, 0) is 36.3 Å². The summed E-state index contributed by atoms with van der Waals surface area (Å²) in [6.45, 7) is 1.88. The van der Waals surface area contributed by atoms with Gasteiger partial charge < -0.3 is 10.4 Å². The number of carboxylic acids is 1. The van der Waals surface area contributed by atoms with E-state index in [0.717, 1.165) is 11.6 Å². The molecule has 0 aliphatic rings. The van der Waals surface area contributed by atoms with Crippen LogP contribution in [-0.2, 0) is 4.79 Å². The highest BCUT2D eigenvalue weighted by Gasteiger charge is 2.07. The minimum atomic E-state index is -1.04. The van der Waals surface area contributed by atoms with Gasteiger partial charge in [0.15, 0.2) is 0 Å². The Balaban J connectivity index is 2.08. The van der Waals surface area contributed by atoms with E-state index >= 15 is 0 Å². The van der Waals surface area contributed by atoms with Crippen molar-refractivity contribution in [2.45, 2.75) is 6.92 Å². The molecular weight excluding hydrogens is 270 g/mol. The molecule has 2 aromatic heterocycles. The second-order valence-electron chi connectivity index (χ2n) is 4.35. The van der Waals surface area contributed by atoms with E-state index in [1.54, 1.807) is 24.5 Å². The molecule has 0 saturated heterocycles. The molecule has 2 rings (SSSR count). The van der Waals surface area contributed by atoms with Crippen LogP contribution in [0.5, 0.6) is 0 Å². The predicted octanol–water partition coefficient (Wildman–Crippen LogP) is 2.14. The van der Waals surface area contributed by atoms with Crippen molar-refractivity contribution in [3.8, 4) is 0 Å². The first-order valence-corrected chi connectivity index (χ1v) is 6.14. The second-order valence-corrected chi connectivity index (χ2v) is 4.35. The van der Waals surface area contributed by atoms with Crippen LogP contribution in [0.25, 0.3) is 6.08 Å². The van der Waals surface area contributed by atoms with E-state index in [9.17, 15) is 9.59 Å². The first kappa shape index (κ1) is 14.4. The summed E-state index contributed by atoms with van der Waals surface area (Å²) >= 11 is 0. The molecule has 2 aromatic rings. The number of nitrogens with zero attached hydrogens (tertiary/aromatic N) is 2. The standard InChI is InChI=1S/C15H13N3O3/c1-10-6-12(9-16-7-10)18-15(21)13-4-2-11(8-17-13)3-5-14(19)20/h2-9H,1H3,(H,18,21)(H,19,20)/b5-3+. The molecule has 0 saturated carbocycles. The molecule has 0 aliphatic heterocycles. The Kier molecular flexibility index (Phi) is 4.40. The van der Waals surface area contributed by atoms with E-state index in [0.29, 0.717) is 11.3 Å². The van der Waals surface area contributed by atoms with Crippen LogP contribution < -0.4 is 5.32 Å². The maximum absolute atomic E-state index is 12.0. The van der Waals surface area contributed by atoms with Crippen LogP contribution in [0, 0.1) is 6.92 Å². The fourth-order valence-electron chi connectivity index (χ4n) is 1.62. The predicted molar refractivity (Wildman–Crippen MR) is 77.8 cm³/mol. The molecular formula is C15H13N3O3. The Labute approximate surface area is 121 Å². The number of aromatic nitrogens is 2. The van der Waals surface area contributed by atoms with Crippen molar-refractivity contribution in [3.05, 3.63) is 59.7 Å². The number of aliphatic carboxylic acids is 1. The van der Waals surface area contributed by atoms with Crippen LogP contribution in [0.15, 0.2) is 42.9 Å². The van der Waals surface area contributed by atoms with Gasteiger partial charge >= 0.3 is 5.97 Å². The number of rotatable bonds is 4. The summed E-state index contributed by atoms with van der Waals surface area (Å²) in [5.41, 5.74) is 2.38. The summed E-state index contributed by atoms with van der Waals surface area (Å²) in [5, 5.41) is 11.2. The second kappa shape index (κ2) is 6.42. The van der Waals surface area contributed by atoms with Crippen LogP contribution in [0.4, 0.5) is 5.69 Å². The number of carbonyl (C=O) groups is 2. The fraction of sp³-hybridized carbons (Fsp3) is 0.0667. The van der Waals surface area contributed by atoms with Crippen LogP contribution in [0.2, 0.25) is 0 Å². The van der Waals surface area contributed by atoms with E-state index in [4.69, 9.17) is 5.11 Å². The largest absolute Gasteiger partial charge is 0.478 e. The molecule has 0 radical (unpaired) electrons. The molecule has 0 fully saturated rings. The maximum atomic E-state index is 12.0.